The Labute approximate surface area is 110 Å². The summed E-state index contributed by atoms with van der Waals surface area (Å²) in [5, 5.41) is 12.1. The van der Waals surface area contributed by atoms with Crippen LogP contribution in [0.3, 0.4) is 0 Å². The Kier molecular flexibility index (Phi) is 3.81. The molecule has 0 atom stereocenters. The highest BCUT2D eigenvalue weighted by molar-refractivity contribution is 6.33. The van der Waals surface area contributed by atoms with E-state index < -0.39 is 0 Å². The molecule has 2 aromatic rings. The summed E-state index contributed by atoms with van der Waals surface area (Å²) in [6, 6.07) is 13.5. The third-order valence-corrected chi connectivity index (χ3v) is 2.81. The maximum absolute atomic E-state index is 12.9. The zero-order valence-corrected chi connectivity index (χ0v) is 10.2. The van der Waals surface area contributed by atoms with Crippen molar-refractivity contribution < 1.29 is 4.39 Å². The molecule has 2 rings (SSSR count). The van der Waals surface area contributed by atoms with Crippen molar-refractivity contribution in [3.63, 3.8) is 0 Å². The third kappa shape index (κ3) is 2.99. The van der Waals surface area contributed by atoms with Crippen molar-refractivity contribution in [2.45, 2.75) is 6.54 Å². The maximum Gasteiger partial charge on any atom is 0.124 e. The Morgan fingerprint density at radius 1 is 1.17 bits per heavy atom. The number of rotatable bonds is 3. The van der Waals surface area contributed by atoms with Gasteiger partial charge in [0.1, 0.15) is 5.82 Å². The summed E-state index contributed by atoms with van der Waals surface area (Å²) in [5.74, 6) is -0.357. The van der Waals surface area contributed by atoms with Gasteiger partial charge >= 0.3 is 0 Å². The lowest BCUT2D eigenvalue weighted by Gasteiger charge is -2.08. The van der Waals surface area contributed by atoms with Crippen molar-refractivity contribution in [1.29, 1.82) is 5.26 Å². The normalized spacial score (nSPS) is 9.83. The van der Waals surface area contributed by atoms with E-state index in [0.29, 0.717) is 22.8 Å². The van der Waals surface area contributed by atoms with Crippen LogP contribution in [0.2, 0.25) is 5.02 Å². The first-order chi connectivity index (χ1) is 8.69. The van der Waals surface area contributed by atoms with Crippen LogP contribution in [0.1, 0.15) is 11.1 Å². The molecule has 0 saturated carbocycles. The Morgan fingerprint density at radius 2 is 1.89 bits per heavy atom. The first kappa shape index (κ1) is 12.4. The van der Waals surface area contributed by atoms with E-state index in [1.54, 1.807) is 18.2 Å². The van der Waals surface area contributed by atoms with Gasteiger partial charge < -0.3 is 5.32 Å². The number of halogens is 2. The van der Waals surface area contributed by atoms with E-state index in [1.807, 2.05) is 12.1 Å². The molecule has 0 aromatic heterocycles. The van der Waals surface area contributed by atoms with E-state index in [2.05, 4.69) is 11.4 Å². The summed E-state index contributed by atoms with van der Waals surface area (Å²) in [4.78, 5) is 0. The van der Waals surface area contributed by atoms with Crippen LogP contribution >= 0.6 is 11.6 Å². The molecule has 2 aromatic carbocycles. The lowest BCUT2D eigenvalue weighted by Crippen LogP contribution is -2.00. The van der Waals surface area contributed by atoms with Gasteiger partial charge in [0.05, 0.1) is 22.3 Å². The first-order valence-electron chi connectivity index (χ1n) is 5.37. The van der Waals surface area contributed by atoms with Crippen LogP contribution in [0.15, 0.2) is 42.5 Å². The molecule has 0 bridgehead atoms. The summed E-state index contributed by atoms with van der Waals surface area (Å²) in [6.45, 7) is 0.567. The van der Waals surface area contributed by atoms with Crippen LogP contribution in [0.25, 0.3) is 0 Å². The fourth-order valence-corrected chi connectivity index (χ4v) is 1.76. The lowest BCUT2D eigenvalue weighted by molar-refractivity contribution is 0.628. The molecule has 0 radical (unpaired) electrons. The number of hydrogen-bond acceptors (Lipinski definition) is 2. The summed E-state index contributed by atoms with van der Waals surface area (Å²) < 4.78 is 12.9. The number of nitrogens with one attached hydrogen (secondary N) is 1. The highest BCUT2D eigenvalue weighted by Crippen LogP contribution is 2.22. The van der Waals surface area contributed by atoms with Gasteiger partial charge in [0.15, 0.2) is 0 Å². The molecule has 0 fully saturated rings. The molecule has 0 aliphatic rings. The second-order valence-electron chi connectivity index (χ2n) is 3.79. The van der Waals surface area contributed by atoms with E-state index in [0.717, 1.165) is 5.56 Å². The maximum atomic E-state index is 12.9. The van der Waals surface area contributed by atoms with E-state index in [-0.39, 0.29) is 5.82 Å². The second kappa shape index (κ2) is 5.52. The van der Waals surface area contributed by atoms with E-state index in [9.17, 15) is 4.39 Å². The predicted molar refractivity (Wildman–Crippen MR) is 69.9 cm³/mol. The molecule has 2 nitrogen and oxygen atoms in total. The number of anilines is 1. The molecule has 18 heavy (non-hydrogen) atoms. The zero-order valence-electron chi connectivity index (χ0n) is 9.45. The average molecular weight is 261 g/mol. The lowest BCUT2D eigenvalue weighted by atomic mass is 10.1. The topological polar surface area (TPSA) is 35.8 Å². The minimum Gasteiger partial charge on any atom is -0.380 e. The van der Waals surface area contributed by atoms with Gasteiger partial charge in [0.2, 0.25) is 0 Å². The number of nitriles is 1. The number of benzene rings is 2. The van der Waals surface area contributed by atoms with Gasteiger partial charge in [-0.05, 0) is 35.9 Å². The molecule has 0 aliphatic heterocycles. The average Bonchev–Trinajstić information content (AvgIpc) is 2.38. The molecule has 0 saturated heterocycles. The Bertz CT molecular complexity index is 588. The molecule has 0 heterocycles. The third-order valence-electron chi connectivity index (χ3n) is 2.50. The molecule has 0 unspecified atom stereocenters. The molecule has 4 heteroatoms. The largest absolute Gasteiger partial charge is 0.380 e. The van der Waals surface area contributed by atoms with E-state index >= 15 is 0 Å². The first-order valence-corrected chi connectivity index (χ1v) is 5.75. The van der Waals surface area contributed by atoms with E-state index in [1.165, 1.54) is 12.1 Å². The highest BCUT2D eigenvalue weighted by atomic mass is 35.5. The molecule has 0 aliphatic carbocycles. The second-order valence-corrected chi connectivity index (χ2v) is 4.19. The molecule has 1 N–H and O–H groups in total. The minimum atomic E-state index is -0.357. The standard InChI is InChI=1S/C14H10ClFN2/c15-13-7-12(16)5-6-14(13)18-9-11-3-1-10(8-17)2-4-11/h1-7,18H,9H2. The monoisotopic (exact) mass is 260 g/mol. The van der Waals surface area contributed by atoms with Gasteiger partial charge in [-0.25, -0.2) is 4.39 Å². The van der Waals surface area contributed by atoms with Crippen molar-refractivity contribution in [3.8, 4) is 6.07 Å². The number of nitrogens with zero attached hydrogens (tertiary/aromatic N) is 1. The van der Waals surface area contributed by atoms with Crippen molar-refractivity contribution in [1.82, 2.24) is 0 Å². The Balaban J connectivity index is 2.04. The van der Waals surface area contributed by atoms with Crippen molar-refractivity contribution in [2.24, 2.45) is 0 Å². The van der Waals surface area contributed by atoms with Gasteiger partial charge in [-0.2, -0.15) is 5.26 Å². The summed E-state index contributed by atoms with van der Waals surface area (Å²) in [5.41, 5.74) is 2.33. The van der Waals surface area contributed by atoms with Crippen LogP contribution < -0.4 is 5.32 Å². The smallest absolute Gasteiger partial charge is 0.124 e. The summed E-state index contributed by atoms with van der Waals surface area (Å²) in [7, 11) is 0. The van der Waals surface area contributed by atoms with Gasteiger partial charge in [-0.1, -0.05) is 23.7 Å². The zero-order chi connectivity index (χ0) is 13.0. The predicted octanol–water partition coefficient (Wildman–Crippen LogP) is 3.96. The minimum absolute atomic E-state index is 0.351. The van der Waals surface area contributed by atoms with Crippen LogP contribution in [0, 0.1) is 17.1 Å². The van der Waals surface area contributed by atoms with E-state index in [4.69, 9.17) is 16.9 Å². The molecule has 0 amide bonds. The molecule has 90 valence electrons. The highest BCUT2D eigenvalue weighted by Gasteiger charge is 2.01. The molecular weight excluding hydrogens is 251 g/mol. The fraction of sp³-hybridized carbons (Fsp3) is 0.0714. The van der Waals surface area contributed by atoms with Gasteiger partial charge in [-0.15, -0.1) is 0 Å². The van der Waals surface area contributed by atoms with Crippen LogP contribution in [0.4, 0.5) is 10.1 Å². The van der Waals surface area contributed by atoms with Crippen molar-refractivity contribution >= 4 is 17.3 Å². The SMILES string of the molecule is N#Cc1ccc(CNc2ccc(F)cc2Cl)cc1. The fourth-order valence-electron chi connectivity index (χ4n) is 1.53. The Hall–Kier alpha value is -2.05. The van der Waals surface area contributed by atoms with Gasteiger partial charge in [0, 0.05) is 6.54 Å². The number of hydrogen-bond donors (Lipinski definition) is 1. The van der Waals surface area contributed by atoms with Crippen molar-refractivity contribution in [3.05, 3.63) is 64.4 Å². The van der Waals surface area contributed by atoms with Crippen LogP contribution in [-0.4, -0.2) is 0 Å². The van der Waals surface area contributed by atoms with Crippen LogP contribution in [-0.2, 0) is 6.54 Å². The van der Waals surface area contributed by atoms with Gasteiger partial charge in [-0.3, -0.25) is 0 Å². The molecule has 0 spiro atoms. The van der Waals surface area contributed by atoms with Gasteiger partial charge in [0.25, 0.3) is 0 Å². The van der Waals surface area contributed by atoms with Crippen LogP contribution in [0.5, 0.6) is 0 Å². The molecular formula is C14H10ClFN2. The van der Waals surface area contributed by atoms with Crippen molar-refractivity contribution in [2.75, 3.05) is 5.32 Å². The quantitative estimate of drug-likeness (QED) is 0.907. The Morgan fingerprint density at radius 3 is 2.50 bits per heavy atom. The summed E-state index contributed by atoms with van der Waals surface area (Å²) in [6.07, 6.45) is 0. The summed E-state index contributed by atoms with van der Waals surface area (Å²) >= 11 is 5.90.